The highest BCUT2D eigenvalue weighted by Gasteiger charge is 2.02. The summed E-state index contributed by atoms with van der Waals surface area (Å²) in [5.41, 5.74) is 0.633. The average Bonchev–Trinajstić information content (AvgIpc) is 2.29. The molecule has 5 nitrogen and oxygen atoms in total. The zero-order valence-electron chi connectivity index (χ0n) is 9.53. The number of rotatable bonds is 6. The van der Waals surface area contributed by atoms with E-state index in [0.29, 0.717) is 24.8 Å². The minimum atomic E-state index is -0.187. The van der Waals surface area contributed by atoms with Crippen LogP contribution in [-0.4, -0.2) is 30.7 Å². The van der Waals surface area contributed by atoms with Gasteiger partial charge in [0, 0.05) is 12.7 Å². The molecule has 0 saturated heterocycles. The molecule has 88 valence electrons. The van der Waals surface area contributed by atoms with Crippen LogP contribution in [0.4, 0.5) is 5.69 Å². The zero-order valence-corrected chi connectivity index (χ0v) is 9.53. The van der Waals surface area contributed by atoms with Gasteiger partial charge in [-0.25, -0.2) is 4.98 Å². The summed E-state index contributed by atoms with van der Waals surface area (Å²) in [6.45, 7) is 4.88. The van der Waals surface area contributed by atoms with Crippen molar-refractivity contribution in [2.75, 3.05) is 25.1 Å². The number of nitrogens with one attached hydrogen (secondary N) is 1. The Balaban J connectivity index is 2.45. The van der Waals surface area contributed by atoms with Gasteiger partial charge < -0.3 is 14.8 Å². The van der Waals surface area contributed by atoms with E-state index in [4.69, 9.17) is 9.47 Å². The molecule has 0 spiro atoms. The molecule has 1 rings (SSSR count). The summed E-state index contributed by atoms with van der Waals surface area (Å²) in [6, 6.07) is 3.45. The van der Waals surface area contributed by atoms with Gasteiger partial charge in [-0.2, -0.15) is 0 Å². The number of anilines is 1. The Kier molecular flexibility index (Phi) is 5.28. The summed E-state index contributed by atoms with van der Waals surface area (Å²) in [4.78, 5) is 15.3. The van der Waals surface area contributed by atoms with Crippen LogP contribution in [0.15, 0.2) is 18.3 Å². The van der Waals surface area contributed by atoms with Crippen molar-refractivity contribution < 1.29 is 14.3 Å². The van der Waals surface area contributed by atoms with E-state index in [2.05, 4.69) is 10.3 Å². The van der Waals surface area contributed by atoms with Crippen molar-refractivity contribution in [3.63, 3.8) is 0 Å². The Morgan fingerprint density at radius 3 is 2.75 bits per heavy atom. The normalized spacial score (nSPS) is 9.88. The van der Waals surface area contributed by atoms with Gasteiger partial charge in [-0.05, 0) is 19.9 Å². The molecule has 0 unspecified atom stereocenters. The molecular formula is C11H16N2O3. The summed E-state index contributed by atoms with van der Waals surface area (Å²) in [5, 5.41) is 2.66. The van der Waals surface area contributed by atoms with Crippen LogP contribution in [0.1, 0.15) is 13.8 Å². The first-order valence-corrected chi connectivity index (χ1v) is 5.22. The molecule has 0 radical (unpaired) electrons. The molecule has 0 fully saturated rings. The summed E-state index contributed by atoms with van der Waals surface area (Å²) >= 11 is 0. The van der Waals surface area contributed by atoms with E-state index in [1.54, 1.807) is 18.3 Å². The van der Waals surface area contributed by atoms with E-state index >= 15 is 0 Å². The molecular weight excluding hydrogens is 208 g/mol. The van der Waals surface area contributed by atoms with Gasteiger partial charge in [-0.1, -0.05) is 0 Å². The fourth-order valence-electron chi connectivity index (χ4n) is 1.08. The Morgan fingerprint density at radius 2 is 2.19 bits per heavy atom. The molecule has 1 aromatic rings. The molecule has 0 saturated carbocycles. The first-order valence-electron chi connectivity index (χ1n) is 5.22. The number of nitrogens with zero attached hydrogens (tertiary/aromatic N) is 1. The predicted octanol–water partition coefficient (Wildman–Crippen LogP) is 1.46. The lowest BCUT2D eigenvalue weighted by atomic mass is 10.4. The second-order valence-electron chi connectivity index (χ2n) is 3.00. The van der Waals surface area contributed by atoms with Gasteiger partial charge in [-0.15, -0.1) is 0 Å². The number of hydrogen-bond acceptors (Lipinski definition) is 4. The van der Waals surface area contributed by atoms with Crippen molar-refractivity contribution in [1.82, 2.24) is 4.98 Å². The van der Waals surface area contributed by atoms with Crippen molar-refractivity contribution in [2.24, 2.45) is 0 Å². The third-order valence-electron chi connectivity index (χ3n) is 1.75. The molecule has 1 aromatic heterocycles. The molecule has 0 bridgehead atoms. The van der Waals surface area contributed by atoms with Gasteiger partial charge in [0.05, 0.1) is 18.5 Å². The van der Waals surface area contributed by atoms with Crippen molar-refractivity contribution in [1.29, 1.82) is 0 Å². The fraction of sp³-hybridized carbons (Fsp3) is 0.455. The monoisotopic (exact) mass is 224 g/mol. The van der Waals surface area contributed by atoms with Crippen LogP contribution in [0.2, 0.25) is 0 Å². The van der Waals surface area contributed by atoms with Crippen LogP contribution < -0.4 is 10.1 Å². The first-order chi connectivity index (χ1) is 7.76. The van der Waals surface area contributed by atoms with Crippen molar-refractivity contribution in [3.8, 4) is 5.88 Å². The standard InChI is InChI=1S/C11H16N2O3/c1-3-15-8-10(14)13-9-5-6-11(12-7-9)16-4-2/h5-7H,3-4,8H2,1-2H3,(H,13,14). The van der Waals surface area contributed by atoms with Gasteiger partial charge in [0.2, 0.25) is 11.8 Å². The molecule has 0 aromatic carbocycles. The van der Waals surface area contributed by atoms with Gasteiger partial charge in [0.1, 0.15) is 6.61 Å². The van der Waals surface area contributed by atoms with E-state index in [1.807, 2.05) is 13.8 Å². The van der Waals surface area contributed by atoms with Crippen molar-refractivity contribution >= 4 is 11.6 Å². The first kappa shape index (κ1) is 12.4. The minimum Gasteiger partial charge on any atom is -0.478 e. The van der Waals surface area contributed by atoms with E-state index in [0.717, 1.165) is 0 Å². The Morgan fingerprint density at radius 1 is 1.38 bits per heavy atom. The molecule has 0 aliphatic heterocycles. The van der Waals surface area contributed by atoms with Crippen molar-refractivity contribution in [3.05, 3.63) is 18.3 Å². The van der Waals surface area contributed by atoms with Crippen LogP contribution in [0.3, 0.4) is 0 Å². The highest BCUT2D eigenvalue weighted by Crippen LogP contribution is 2.11. The van der Waals surface area contributed by atoms with Crippen LogP contribution >= 0.6 is 0 Å². The number of amides is 1. The summed E-state index contributed by atoms with van der Waals surface area (Å²) in [5.74, 6) is 0.359. The molecule has 5 heteroatoms. The highest BCUT2D eigenvalue weighted by atomic mass is 16.5. The minimum absolute atomic E-state index is 0.0592. The van der Waals surface area contributed by atoms with Crippen LogP contribution in [0, 0.1) is 0 Å². The number of ether oxygens (including phenoxy) is 2. The molecule has 0 aliphatic rings. The maximum absolute atomic E-state index is 11.3. The van der Waals surface area contributed by atoms with Gasteiger partial charge in [0.15, 0.2) is 0 Å². The molecule has 1 heterocycles. The third-order valence-corrected chi connectivity index (χ3v) is 1.75. The summed E-state index contributed by atoms with van der Waals surface area (Å²) < 4.78 is 10.2. The number of hydrogen-bond donors (Lipinski definition) is 1. The fourth-order valence-corrected chi connectivity index (χ4v) is 1.08. The molecule has 16 heavy (non-hydrogen) atoms. The third kappa shape index (κ3) is 4.27. The summed E-state index contributed by atoms with van der Waals surface area (Å²) in [6.07, 6.45) is 1.55. The maximum atomic E-state index is 11.3. The Labute approximate surface area is 94.8 Å². The van der Waals surface area contributed by atoms with Gasteiger partial charge in [-0.3, -0.25) is 4.79 Å². The average molecular weight is 224 g/mol. The Bertz CT molecular complexity index is 325. The maximum Gasteiger partial charge on any atom is 0.250 e. The van der Waals surface area contributed by atoms with Gasteiger partial charge >= 0.3 is 0 Å². The zero-order chi connectivity index (χ0) is 11.8. The molecule has 1 N–H and O–H groups in total. The van der Waals surface area contributed by atoms with Crippen LogP contribution in [-0.2, 0) is 9.53 Å². The number of pyridine rings is 1. The highest BCUT2D eigenvalue weighted by molar-refractivity contribution is 5.91. The molecule has 0 atom stereocenters. The van der Waals surface area contributed by atoms with Crippen LogP contribution in [0.5, 0.6) is 5.88 Å². The lowest BCUT2D eigenvalue weighted by molar-refractivity contribution is -0.120. The second-order valence-corrected chi connectivity index (χ2v) is 3.00. The largest absolute Gasteiger partial charge is 0.478 e. The van der Waals surface area contributed by atoms with Gasteiger partial charge in [0.25, 0.3) is 0 Å². The smallest absolute Gasteiger partial charge is 0.250 e. The lowest BCUT2D eigenvalue weighted by Gasteiger charge is -2.06. The molecule has 1 amide bonds. The predicted molar refractivity (Wildman–Crippen MR) is 60.5 cm³/mol. The van der Waals surface area contributed by atoms with E-state index in [9.17, 15) is 4.79 Å². The quantitative estimate of drug-likeness (QED) is 0.794. The van der Waals surface area contributed by atoms with Crippen LogP contribution in [0.25, 0.3) is 0 Å². The Hall–Kier alpha value is -1.62. The second kappa shape index (κ2) is 6.79. The topological polar surface area (TPSA) is 60.5 Å². The van der Waals surface area contributed by atoms with E-state index < -0.39 is 0 Å². The number of carbonyl (C=O) groups excluding carboxylic acids is 1. The summed E-state index contributed by atoms with van der Waals surface area (Å²) in [7, 11) is 0. The number of aromatic nitrogens is 1. The lowest BCUT2D eigenvalue weighted by Crippen LogP contribution is -2.18. The van der Waals surface area contributed by atoms with Crippen molar-refractivity contribution in [2.45, 2.75) is 13.8 Å². The van der Waals surface area contributed by atoms with E-state index in [1.165, 1.54) is 0 Å². The SMILES string of the molecule is CCOCC(=O)Nc1ccc(OCC)nc1. The number of carbonyl (C=O) groups is 1. The van der Waals surface area contributed by atoms with E-state index in [-0.39, 0.29) is 12.5 Å². The molecule has 0 aliphatic carbocycles.